The number of aromatic carboxylic acids is 1. The standard InChI is InChI=1S/C16H15Cl2NO3/c1-2-22-15-13(17)6-10(7-14(15)18)9-19-12-5-3-4-11(8-12)16(20)21/h3-8,19H,2,9H2,1H3,(H,20,21). The van der Waals surface area contributed by atoms with E-state index in [9.17, 15) is 4.79 Å². The first-order valence-electron chi connectivity index (χ1n) is 6.69. The lowest BCUT2D eigenvalue weighted by Gasteiger charge is -2.12. The van der Waals surface area contributed by atoms with E-state index < -0.39 is 5.97 Å². The third-order valence-corrected chi connectivity index (χ3v) is 3.51. The van der Waals surface area contributed by atoms with Gasteiger partial charge >= 0.3 is 5.97 Å². The summed E-state index contributed by atoms with van der Waals surface area (Å²) >= 11 is 12.3. The van der Waals surface area contributed by atoms with Gasteiger partial charge in [-0.3, -0.25) is 0 Å². The van der Waals surface area contributed by atoms with Gasteiger partial charge in [-0.15, -0.1) is 0 Å². The lowest BCUT2D eigenvalue weighted by molar-refractivity contribution is 0.0697. The van der Waals surface area contributed by atoms with Crippen LogP contribution in [0.5, 0.6) is 5.75 Å². The lowest BCUT2D eigenvalue weighted by Crippen LogP contribution is -2.02. The second-order valence-electron chi connectivity index (χ2n) is 4.56. The second-order valence-corrected chi connectivity index (χ2v) is 5.38. The number of hydrogen-bond acceptors (Lipinski definition) is 3. The normalized spacial score (nSPS) is 10.3. The van der Waals surface area contributed by atoms with Crippen molar-refractivity contribution >= 4 is 34.9 Å². The molecule has 0 aromatic heterocycles. The molecule has 116 valence electrons. The van der Waals surface area contributed by atoms with Gasteiger partial charge in [-0.2, -0.15) is 0 Å². The molecule has 0 unspecified atom stereocenters. The summed E-state index contributed by atoms with van der Waals surface area (Å²) in [6.07, 6.45) is 0. The highest BCUT2D eigenvalue weighted by Crippen LogP contribution is 2.34. The van der Waals surface area contributed by atoms with Crippen LogP contribution in [0.2, 0.25) is 10.0 Å². The SMILES string of the molecule is CCOc1c(Cl)cc(CNc2cccc(C(=O)O)c2)cc1Cl. The minimum atomic E-state index is -0.962. The highest BCUT2D eigenvalue weighted by molar-refractivity contribution is 6.37. The molecule has 0 fully saturated rings. The Labute approximate surface area is 138 Å². The predicted molar refractivity (Wildman–Crippen MR) is 88.4 cm³/mol. The summed E-state index contributed by atoms with van der Waals surface area (Å²) in [4.78, 5) is 10.9. The molecule has 0 spiro atoms. The molecular weight excluding hydrogens is 325 g/mol. The smallest absolute Gasteiger partial charge is 0.335 e. The Morgan fingerprint density at radius 1 is 1.23 bits per heavy atom. The number of carboxylic acid groups (broad SMARTS) is 1. The molecule has 4 nitrogen and oxygen atoms in total. The van der Waals surface area contributed by atoms with Crippen LogP contribution in [-0.4, -0.2) is 17.7 Å². The zero-order valence-corrected chi connectivity index (χ0v) is 13.4. The van der Waals surface area contributed by atoms with Crippen LogP contribution in [-0.2, 0) is 6.54 Å². The van der Waals surface area contributed by atoms with E-state index in [1.54, 1.807) is 30.3 Å². The van der Waals surface area contributed by atoms with E-state index in [0.29, 0.717) is 34.6 Å². The molecule has 0 saturated heterocycles. The Morgan fingerprint density at radius 2 is 1.91 bits per heavy atom. The van der Waals surface area contributed by atoms with E-state index in [-0.39, 0.29) is 5.56 Å². The first-order valence-corrected chi connectivity index (χ1v) is 7.44. The van der Waals surface area contributed by atoms with Gasteiger partial charge in [0.25, 0.3) is 0 Å². The molecule has 2 rings (SSSR count). The fraction of sp³-hybridized carbons (Fsp3) is 0.188. The molecule has 22 heavy (non-hydrogen) atoms. The van der Waals surface area contributed by atoms with Gasteiger partial charge in [0, 0.05) is 12.2 Å². The molecule has 0 aliphatic carbocycles. The van der Waals surface area contributed by atoms with Crippen molar-refractivity contribution in [3.8, 4) is 5.75 Å². The number of carbonyl (C=O) groups is 1. The van der Waals surface area contributed by atoms with Crippen molar-refractivity contribution in [2.24, 2.45) is 0 Å². The molecule has 0 aliphatic heterocycles. The Bertz CT molecular complexity index is 666. The fourth-order valence-electron chi connectivity index (χ4n) is 1.96. The highest BCUT2D eigenvalue weighted by Gasteiger charge is 2.09. The minimum absolute atomic E-state index is 0.229. The van der Waals surface area contributed by atoms with Gasteiger partial charge in [0.05, 0.1) is 22.2 Å². The van der Waals surface area contributed by atoms with Gasteiger partial charge in [0.1, 0.15) is 0 Å². The van der Waals surface area contributed by atoms with E-state index in [4.69, 9.17) is 33.0 Å². The van der Waals surface area contributed by atoms with E-state index in [1.165, 1.54) is 6.07 Å². The third-order valence-electron chi connectivity index (χ3n) is 2.95. The van der Waals surface area contributed by atoms with Crippen LogP contribution in [0.1, 0.15) is 22.8 Å². The van der Waals surface area contributed by atoms with Crippen molar-refractivity contribution in [2.45, 2.75) is 13.5 Å². The summed E-state index contributed by atoms with van der Waals surface area (Å²) in [5, 5.41) is 13.0. The van der Waals surface area contributed by atoms with E-state index in [1.807, 2.05) is 6.92 Å². The summed E-state index contributed by atoms with van der Waals surface area (Å²) in [7, 11) is 0. The number of halogens is 2. The molecule has 0 heterocycles. The van der Waals surface area contributed by atoms with Gasteiger partial charge in [-0.25, -0.2) is 4.79 Å². The highest BCUT2D eigenvalue weighted by atomic mass is 35.5. The van der Waals surface area contributed by atoms with E-state index >= 15 is 0 Å². The quantitative estimate of drug-likeness (QED) is 0.800. The first-order chi connectivity index (χ1) is 10.5. The zero-order chi connectivity index (χ0) is 16.1. The Balaban J connectivity index is 2.12. The molecule has 0 atom stereocenters. The van der Waals surface area contributed by atoms with Crippen LogP contribution < -0.4 is 10.1 Å². The van der Waals surface area contributed by atoms with Crippen LogP contribution in [0.4, 0.5) is 5.69 Å². The second kappa shape index (κ2) is 7.38. The average molecular weight is 340 g/mol. The maximum Gasteiger partial charge on any atom is 0.335 e. The fourth-order valence-corrected chi connectivity index (χ4v) is 2.60. The summed E-state index contributed by atoms with van der Waals surface area (Å²) in [6, 6.07) is 10.1. The number of benzene rings is 2. The minimum Gasteiger partial charge on any atom is -0.491 e. The third kappa shape index (κ3) is 4.06. The average Bonchev–Trinajstić information content (AvgIpc) is 2.49. The first kappa shape index (κ1) is 16.5. The Morgan fingerprint density at radius 3 is 2.50 bits per heavy atom. The topological polar surface area (TPSA) is 58.6 Å². The van der Waals surface area contributed by atoms with E-state index in [0.717, 1.165) is 5.56 Å². The van der Waals surface area contributed by atoms with Crippen molar-refractivity contribution in [2.75, 3.05) is 11.9 Å². The molecule has 0 bridgehead atoms. The van der Waals surface area contributed by atoms with Gasteiger partial charge in [0.15, 0.2) is 5.75 Å². The van der Waals surface area contributed by atoms with Crippen molar-refractivity contribution in [1.82, 2.24) is 0 Å². The zero-order valence-electron chi connectivity index (χ0n) is 11.9. The lowest BCUT2D eigenvalue weighted by atomic mass is 10.2. The molecule has 6 heteroatoms. The molecule has 2 N–H and O–H groups in total. The molecule has 0 amide bonds. The van der Waals surface area contributed by atoms with Crippen molar-refractivity contribution in [3.05, 3.63) is 57.6 Å². The molecule has 0 aliphatic rings. The predicted octanol–water partition coefficient (Wildman–Crippen LogP) is 4.70. The Hall–Kier alpha value is -1.91. The molecule has 0 radical (unpaired) electrons. The maximum atomic E-state index is 10.9. The van der Waals surface area contributed by atoms with Crippen LogP contribution >= 0.6 is 23.2 Å². The largest absolute Gasteiger partial charge is 0.491 e. The number of ether oxygens (including phenoxy) is 1. The Kier molecular flexibility index (Phi) is 5.52. The van der Waals surface area contributed by atoms with Gasteiger partial charge in [0.2, 0.25) is 0 Å². The molecule has 0 saturated carbocycles. The van der Waals surface area contributed by atoms with Crippen molar-refractivity contribution in [3.63, 3.8) is 0 Å². The molecule has 2 aromatic rings. The van der Waals surface area contributed by atoms with Crippen LogP contribution in [0.15, 0.2) is 36.4 Å². The van der Waals surface area contributed by atoms with Gasteiger partial charge in [-0.05, 0) is 42.8 Å². The van der Waals surface area contributed by atoms with Crippen LogP contribution in [0.25, 0.3) is 0 Å². The van der Waals surface area contributed by atoms with Crippen molar-refractivity contribution in [1.29, 1.82) is 0 Å². The maximum absolute atomic E-state index is 10.9. The van der Waals surface area contributed by atoms with Crippen LogP contribution in [0.3, 0.4) is 0 Å². The monoisotopic (exact) mass is 339 g/mol. The van der Waals surface area contributed by atoms with Gasteiger partial charge < -0.3 is 15.2 Å². The van der Waals surface area contributed by atoms with E-state index in [2.05, 4.69) is 5.32 Å². The number of carboxylic acids is 1. The number of nitrogens with one attached hydrogen (secondary N) is 1. The summed E-state index contributed by atoms with van der Waals surface area (Å²) in [5.74, 6) is -0.488. The molecular formula is C16H15Cl2NO3. The number of rotatable bonds is 6. The van der Waals surface area contributed by atoms with Crippen LogP contribution in [0, 0.1) is 0 Å². The number of hydrogen-bond donors (Lipinski definition) is 2. The summed E-state index contributed by atoms with van der Waals surface area (Å²) in [5.41, 5.74) is 1.81. The molecule has 2 aromatic carbocycles. The van der Waals surface area contributed by atoms with Gasteiger partial charge in [-0.1, -0.05) is 29.3 Å². The summed E-state index contributed by atoms with van der Waals surface area (Å²) in [6.45, 7) is 2.81. The summed E-state index contributed by atoms with van der Waals surface area (Å²) < 4.78 is 5.38. The number of anilines is 1. The van der Waals surface area contributed by atoms with Crippen molar-refractivity contribution < 1.29 is 14.6 Å².